The number of hydrazine groups is 1. The summed E-state index contributed by atoms with van der Waals surface area (Å²) in [5.74, 6) is -1.36. The normalized spacial score (nSPS) is 28.7. The average Bonchev–Trinajstić information content (AvgIpc) is 4.49. The number of anilines is 1. The number of nitrogens with zero attached hydrogens (tertiary/aromatic N) is 9. The molecule has 6 bridgehead atoms. The fourth-order valence-electron chi connectivity index (χ4n) is 14.2. The molecule has 20 heteroatoms. The Bertz CT molecular complexity index is 3180. The summed E-state index contributed by atoms with van der Waals surface area (Å²) in [5, 5.41) is 5.77. The molecule has 438 valence electrons. The number of pyridine rings is 1. The highest BCUT2D eigenvalue weighted by atomic mass is 16.5. The molecule has 2 aliphatic carbocycles. The molecular formula is C62H81N11O9. The highest BCUT2D eigenvalue weighted by molar-refractivity contribution is 5.96. The molecule has 7 fully saturated rings. The number of likely N-dealkylation sites (tertiary alicyclic amines) is 1. The molecule has 5 aromatic rings. The second-order valence-corrected chi connectivity index (χ2v) is 26.3. The molecule has 8 atom stereocenters. The molecule has 4 aromatic heterocycles. The zero-order valence-electron chi connectivity index (χ0n) is 48.7. The van der Waals surface area contributed by atoms with Crippen molar-refractivity contribution < 1.29 is 42.5 Å². The molecule has 1 spiro atoms. The quantitative estimate of drug-likeness (QED) is 0.119. The van der Waals surface area contributed by atoms with Gasteiger partial charge >= 0.3 is 5.97 Å². The topological polar surface area (TPSA) is 204 Å². The summed E-state index contributed by atoms with van der Waals surface area (Å²) in [5.41, 5.74) is 10.5. The number of amides is 2. The van der Waals surface area contributed by atoms with Gasteiger partial charge < -0.3 is 42.9 Å². The highest BCUT2D eigenvalue weighted by Crippen LogP contribution is 2.54. The predicted octanol–water partition coefficient (Wildman–Crippen LogP) is 6.64. The van der Waals surface area contributed by atoms with Crippen LogP contribution in [-0.4, -0.2) is 173 Å². The predicted molar refractivity (Wildman–Crippen MR) is 305 cm³/mol. The van der Waals surface area contributed by atoms with Gasteiger partial charge in [-0.25, -0.2) is 20.4 Å². The summed E-state index contributed by atoms with van der Waals surface area (Å²) in [6.45, 7) is 21.1. The van der Waals surface area contributed by atoms with Crippen molar-refractivity contribution in [3.63, 3.8) is 0 Å². The van der Waals surface area contributed by atoms with Crippen molar-refractivity contribution in [1.82, 2.24) is 50.1 Å². The van der Waals surface area contributed by atoms with Crippen LogP contribution in [0.2, 0.25) is 0 Å². The van der Waals surface area contributed by atoms with Crippen LogP contribution >= 0.6 is 0 Å². The van der Waals surface area contributed by atoms with E-state index in [0.29, 0.717) is 89.5 Å². The van der Waals surface area contributed by atoms with Crippen LogP contribution in [0.5, 0.6) is 0 Å². The second kappa shape index (κ2) is 22.0. The number of fused-ring (bicyclic) bond motifs is 6. The molecule has 2 saturated carbocycles. The maximum Gasteiger partial charge on any atom is 0.324 e. The molecule has 10 heterocycles. The average molecular weight is 1120 g/mol. The molecule has 8 aliphatic rings. The highest BCUT2D eigenvalue weighted by Gasteiger charge is 2.58. The first-order valence-corrected chi connectivity index (χ1v) is 30.1. The van der Waals surface area contributed by atoms with Gasteiger partial charge in [-0.05, 0) is 95.0 Å². The second-order valence-electron chi connectivity index (χ2n) is 26.3. The Morgan fingerprint density at radius 2 is 1.78 bits per heavy atom. The summed E-state index contributed by atoms with van der Waals surface area (Å²) in [6.07, 6.45) is 12.3. The summed E-state index contributed by atoms with van der Waals surface area (Å²) in [4.78, 5) is 71.2. The number of esters is 1. The first-order valence-electron chi connectivity index (χ1n) is 30.1. The number of benzene rings is 1. The van der Waals surface area contributed by atoms with Gasteiger partial charge in [0.25, 0.3) is 5.91 Å². The van der Waals surface area contributed by atoms with Crippen molar-refractivity contribution in [3.05, 3.63) is 78.2 Å². The van der Waals surface area contributed by atoms with Gasteiger partial charge in [0.2, 0.25) is 11.8 Å². The van der Waals surface area contributed by atoms with Crippen molar-refractivity contribution in [3.8, 4) is 22.5 Å². The number of methoxy groups -OCH3 is 1. The van der Waals surface area contributed by atoms with Crippen LogP contribution in [-0.2, 0) is 51.0 Å². The Morgan fingerprint density at radius 1 is 0.963 bits per heavy atom. The number of hydrogen-bond acceptors (Lipinski definition) is 17. The molecule has 0 unspecified atom stereocenters. The first-order chi connectivity index (χ1) is 39.5. The van der Waals surface area contributed by atoms with Crippen LogP contribution in [0.4, 0.5) is 5.69 Å². The van der Waals surface area contributed by atoms with E-state index in [9.17, 15) is 9.59 Å². The Balaban J connectivity index is 0.940. The van der Waals surface area contributed by atoms with Crippen molar-refractivity contribution >= 4 is 34.4 Å². The zero-order chi connectivity index (χ0) is 56.7. The van der Waals surface area contributed by atoms with Gasteiger partial charge in [0, 0.05) is 135 Å². The number of ether oxygens (including phenoxy) is 5. The standard InChI is InChI=1S/C62H81N11O9/c1-37-50(46-14-16-63-36-65-46)51(37)56(74)67-53-55(71-31-62(32-71)34-78-35-62)57-66-48(30-80-57)39-10-13-49-43(25-39)45(28-60(3,4)33-81-59(76)47-9-8-17-73(68-47)58(53)75)54(72(49)22-24-79-42-15-23-82-61(5,6)27-42)44-26-41(29-64-52(44)38(2)77-7)70-20-18-69(19-21-70)40-11-12-40/h10,13-14,16,25-26,29-30,36-38,40,42,47,50-51,53,55,68H,8-9,11-12,15,17-24,27-28,31-35H2,1-7H3,(H,67,74)/t37-,38-,42-,47-,50-,51+,53-,55-/m0/s1. The molecule has 2 N–H and O–H groups in total. The number of carbonyl (C=O) groups is 3. The fraction of sp³-hybridized carbons (Fsp3) is 0.629. The van der Waals surface area contributed by atoms with E-state index in [1.165, 1.54) is 24.2 Å². The molecule has 20 nitrogen and oxygen atoms in total. The molecule has 0 radical (unpaired) electrons. The van der Waals surface area contributed by atoms with E-state index in [1.807, 2.05) is 19.2 Å². The Kier molecular flexibility index (Phi) is 14.8. The Morgan fingerprint density at radius 3 is 2.51 bits per heavy atom. The molecular weight excluding hydrogens is 1040 g/mol. The molecule has 2 amide bonds. The summed E-state index contributed by atoms with van der Waals surface area (Å²) < 4.78 is 40.2. The number of rotatable bonds is 13. The lowest BCUT2D eigenvalue weighted by atomic mass is 9.76. The summed E-state index contributed by atoms with van der Waals surface area (Å²) >= 11 is 0. The van der Waals surface area contributed by atoms with Gasteiger partial charge in [-0.15, -0.1) is 0 Å². The van der Waals surface area contributed by atoms with Gasteiger partial charge in [-0.3, -0.25) is 34.2 Å². The smallest absolute Gasteiger partial charge is 0.324 e. The van der Waals surface area contributed by atoms with Crippen molar-refractivity contribution in [1.29, 1.82) is 0 Å². The molecule has 5 saturated heterocycles. The Labute approximate surface area is 480 Å². The summed E-state index contributed by atoms with van der Waals surface area (Å²) in [7, 11) is 1.74. The number of piperazine rings is 1. The first kappa shape index (κ1) is 55.3. The van der Waals surface area contributed by atoms with Crippen molar-refractivity contribution in [2.75, 3.05) is 90.9 Å². The van der Waals surface area contributed by atoms with E-state index >= 15 is 4.79 Å². The number of carbonyl (C=O) groups excluding carboxylic acids is 3. The molecule has 6 aliphatic heterocycles. The minimum absolute atomic E-state index is 0.0167. The van der Waals surface area contributed by atoms with E-state index in [-0.39, 0.29) is 53.5 Å². The van der Waals surface area contributed by atoms with Crippen molar-refractivity contribution in [2.45, 2.75) is 141 Å². The van der Waals surface area contributed by atoms with Gasteiger partial charge in [-0.2, -0.15) is 0 Å². The lowest BCUT2D eigenvalue weighted by Crippen LogP contribution is -2.70. The largest absolute Gasteiger partial charge is 0.464 e. The van der Waals surface area contributed by atoms with Crippen LogP contribution in [0.15, 0.2) is 59.7 Å². The third-order valence-corrected chi connectivity index (χ3v) is 19.0. The summed E-state index contributed by atoms with van der Waals surface area (Å²) in [6, 6.07) is 8.60. The van der Waals surface area contributed by atoms with E-state index < -0.39 is 35.4 Å². The van der Waals surface area contributed by atoms with Crippen LogP contribution < -0.4 is 15.6 Å². The van der Waals surface area contributed by atoms with Gasteiger partial charge in [-0.1, -0.05) is 26.8 Å². The van der Waals surface area contributed by atoms with Gasteiger partial charge in [0.15, 0.2) is 0 Å². The third-order valence-electron chi connectivity index (χ3n) is 19.0. The van der Waals surface area contributed by atoms with Crippen LogP contribution in [0, 0.1) is 22.7 Å². The monoisotopic (exact) mass is 1120 g/mol. The maximum absolute atomic E-state index is 15.4. The van der Waals surface area contributed by atoms with E-state index in [2.05, 4.69) is 98.9 Å². The van der Waals surface area contributed by atoms with Crippen molar-refractivity contribution in [2.24, 2.45) is 22.7 Å². The molecule has 82 heavy (non-hydrogen) atoms. The number of nitrogens with one attached hydrogen (secondary N) is 2. The lowest BCUT2D eigenvalue weighted by Gasteiger charge is -2.57. The van der Waals surface area contributed by atoms with E-state index in [1.54, 1.807) is 19.6 Å². The maximum atomic E-state index is 15.4. The number of aromatic nitrogens is 5. The van der Waals surface area contributed by atoms with Gasteiger partial charge in [0.05, 0.1) is 67.5 Å². The van der Waals surface area contributed by atoms with E-state index in [4.69, 9.17) is 38.1 Å². The minimum Gasteiger partial charge on any atom is -0.464 e. The molecule has 1 aromatic carbocycles. The minimum atomic E-state index is -1.15. The SMILES string of the molecule is CO[C@@H](C)c1ncc(N2CCN(C3CC3)CC2)cc1-c1c2c3cc(ccc3n1CCO[C@H]1CCOC(C)(C)C1)-c1coc(n1)[C@@H](N1CC3(COC3)C1)[C@H](NC(=O)[C@@H]1[C@@H](C)[C@H]1c1ccncn1)C(=O)N1CCC[C@H](N1)C(=O)OCC(C)(C)C2. The lowest BCUT2D eigenvalue weighted by molar-refractivity contribution is -0.204. The third kappa shape index (κ3) is 10.9. The van der Waals surface area contributed by atoms with E-state index in [0.717, 1.165) is 89.4 Å². The number of oxazole rings is 1. The van der Waals surface area contributed by atoms with Gasteiger partial charge in [0.1, 0.15) is 36.4 Å². The number of hydrogen-bond donors (Lipinski definition) is 2. The van der Waals surface area contributed by atoms with Crippen LogP contribution in [0.25, 0.3) is 33.4 Å². The fourth-order valence-corrected chi connectivity index (χ4v) is 14.2. The number of cyclic esters (lactones) is 1. The molecule has 13 rings (SSSR count). The zero-order valence-corrected chi connectivity index (χ0v) is 48.7. The van der Waals surface area contributed by atoms with Crippen LogP contribution in [0.1, 0.15) is 121 Å². The Hall–Kier alpha value is -5.87. The van der Waals surface area contributed by atoms with Crippen LogP contribution in [0.3, 0.4) is 0 Å².